The van der Waals surface area contributed by atoms with Gasteiger partial charge in [0, 0.05) is 9.79 Å². The van der Waals surface area contributed by atoms with Crippen molar-refractivity contribution >= 4 is 22.5 Å². The topological polar surface area (TPSA) is 34.1 Å². The van der Waals surface area contributed by atoms with Gasteiger partial charge in [-0.15, -0.1) is 0 Å². The predicted octanol–water partition coefficient (Wildman–Crippen LogP) is 4.48. The lowest BCUT2D eigenvalue weighted by Crippen LogP contribution is -1.84. The van der Waals surface area contributed by atoms with Gasteiger partial charge in [0.15, 0.2) is 10.7 Å². The van der Waals surface area contributed by atoms with Gasteiger partial charge in [0.05, 0.1) is 4.90 Å². The first-order valence-electron chi connectivity index (χ1n) is 6.81. The van der Waals surface area contributed by atoms with Gasteiger partial charge >= 0.3 is 0 Å². The van der Waals surface area contributed by atoms with Crippen LogP contribution in [0.1, 0.15) is 0 Å². The molecule has 0 radical (unpaired) electrons. The highest BCUT2D eigenvalue weighted by Crippen LogP contribution is 2.35. The average Bonchev–Trinajstić information content (AvgIpc) is 2.56. The van der Waals surface area contributed by atoms with Gasteiger partial charge < -0.3 is 0 Å². The third-order valence-corrected chi connectivity index (χ3v) is 5.05. The molecule has 0 amide bonds. The summed E-state index contributed by atoms with van der Waals surface area (Å²) in [5, 5.41) is 0. The molecule has 0 aliphatic heterocycles. The molecule has 0 heterocycles. The largest absolute Gasteiger partial charge is 0.227 e. The molecular formula is C18H14O2S2. The minimum absolute atomic E-state index is 0.340. The lowest BCUT2D eigenvalue weighted by Gasteiger charge is -2.09. The van der Waals surface area contributed by atoms with E-state index in [1.807, 2.05) is 42.5 Å². The zero-order chi connectivity index (χ0) is 15.4. The molecule has 3 aromatic rings. The Morgan fingerprint density at radius 1 is 0.682 bits per heavy atom. The Balaban J connectivity index is 1.97. The van der Waals surface area contributed by atoms with Gasteiger partial charge in [0.25, 0.3) is 0 Å². The summed E-state index contributed by atoms with van der Waals surface area (Å²) >= 11 is 1.70. The quantitative estimate of drug-likeness (QED) is 0.718. The van der Waals surface area contributed by atoms with E-state index in [0.29, 0.717) is 4.90 Å². The van der Waals surface area contributed by atoms with Crippen LogP contribution in [0.2, 0.25) is 0 Å². The van der Waals surface area contributed by atoms with Gasteiger partial charge in [-0.2, -0.15) is 0 Å². The summed E-state index contributed by atoms with van der Waals surface area (Å²) in [5.74, 6) is 0. The summed E-state index contributed by atoms with van der Waals surface area (Å²) in [6, 6.07) is 25.3. The molecule has 0 aliphatic rings. The van der Waals surface area contributed by atoms with Crippen LogP contribution in [-0.4, -0.2) is 8.42 Å². The molecule has 3 rings (SSSR count). The van der Waals surface area contributed by atoms with Crippen LogP contribution in [0.15, 0.2) is 93.5 Å². The van der Waals surface area contributed by atoms with Crippen LogP contribution in [-0.2, 0) is 10.7 Å². The van der Waals surface area contributed by atoms with E-state index >= 15 is 0 Å². The van der Waals surface area contributed by atoms with E-state index in [2.05, 4.69) is 24.3 Å². The van der Waals surface area contributed by atoms with E-state index in [1.54, 1.807) is 23.9 Å². The van der Waals surface area contributed by atoms with Crippen molar-refractivity contribution in [3.63, 3.8) is 0 Å². The van der Waals surface area contributed by atoms with Crippen LogP contribution in [0.3, 0.4) is 0 Å². The highest BCUT2D eigenvalue weighted by molar-refractivity contribution is 7.99. The number of hydrogen-bond donors (Lipinski definition) is 1. The van der Waals surface area contributed by atoms with Crippen LogP contribution in [0, 0.1) is 0 Å². The van der Waals surface area contributed by atoms with E-state index in [9.17, 15) is 8.42 Å². The number of thiol groups is 1. The van der Waals surface area contributed by atoms with Crippen molar-refractivity contribution in [2.45, 2.75) is 14.7 Å². The summed E-state index contributed by atoms with van der Waals surface area (Å²) in [5.41, 5.74) is 2.11. The van der Waals surface area contributed by atoms with E-state index in [1.165, 1.54) is 4.90 Å². The highest BCUT2D eigenvalue weighted by atomic mass is 32.2. The van der Waals surface area contributed by atoms with Crippen molar-refractivity contribution in [3.8, 4) is 11.1 Å². The molecule has 0 N–H and O–H groups in total. The number of benzene rings is 3. The van der Waals surface area contributed by atoms with Crippen LogP contribution in [0.25, 0.3) is 11.1 Å². The minimum atomic E-state index is -2.53. The molecule has 0 bridgehead atoms. The SMILES string of the molecule is O=[SH](=O)c1ccc(-c2ccccc2Sc2ccccc2)cc1. The van der Waals surface area contributed by atoms with E-state index in [0.717, 1.165) is 16.0 Å². The summed E-state index contributed by atoms with van der Waals surface area (Å²) in [4.78, 5) is 2.66. The number of rotatable bonds is 4. The summed E-state index contributed by atoms with van der Waals surface area (Å²) in [6.45, 7) is 0. The molecule has 0 saturated heterocycles. The van der Waals surface area contributed by atoms with Crippen molar-refractivity contribution in [1.82, 2.24) is 0 Å². The maximum absolute atomic E-state index is 11.0. The average molecular weight is 326 g/mol. The Hall–Kier alpha value is -2.04. The van der Waals surface area contributed by atoms with Gasteiger partial charge in [0.2, 0.25) is 0 Å². The number of hydrogen-bond acceptors (Lipinski definition) is 3. The lowest BCUT2D eigenvalue weighted by atomic mass is 10.1. The van der Waals surface area contributed by atoms with Gasteiger partial charge in [-0.05, 0) is 41.5 Å². The van der Waals surface area contributed by atoms with Crippen LogP contribution in [0.5, 0.6) is 0 Å². The summed E-state index contributed by atoms with van der Waals surface area (Å²) in [6.07, 6.45) is 0. The Morgan fingerprint density at radius 2 is 1.32 bits per heavy atom. The van der Waals surface area contributed by atoms with Crippen molar-refractivity contribution in [3.05, 3.63) is 78.9 Å². The summed E-state index contributed by atoms with van der Waals surface area (Å²) in [7, 11) is -2.53. The molecule has 0 fully saturated rings. The molecule has 110 valence electrons. The first-order chi connectivity index (χ1) is 10.7. The molecule has 4 heteroatoms. The first-order valence-corrected chi connectivity index (χ1v) is 8.80. The van der Waals surface area contributed by atoms with E-state index in [-0.39, 0.29) is 0 Å². The lowest BCUT2D eigenvalue weighted by molar-refractivity contribution is 0.614. The molecule has 0 aromatic heterocycles. The smallest absolute Gasteiger partial charge is 0.168 e. The molecule has 22 heavy (non-hydrogen) atoms. The van der Waals surface area contributed by atoms with Gasteiger partial charge in [0.1, 0.15) is 0 Å². The Kier molecular flexibility index (Phi) is 4.61. The molecule has 0 saturated carbocycles. The molecule has 3 aromatic carbocycles. The minimum Gasteiger partial charge on any atom is -0.227 e. The third kappa shape index (κ3) is 3.40. The van der Waals surface area contributed by atoms with Gasteiger partial charge in [-0.1, -0.05) is 60.3 Å². The fraction of sp³-hybridized carbons (Fsp3) is 0. The van der Waals surface area contributed by atoms with Gasteiger partial charge in [-0.3, -0.25) is 0 Å². The zero-order valence-electron chi connectivity index (χ0n) is 11.7. The van der Waals surface area contributed by atoms with E-state index in [4.69, 9.17) is 0 Å². The molecule has 0 atom stereocenters. The molecule has 0 aliphatic carbocycles. The van der Waals surface area contributed by atoms with E-state index < -0.39 is 10.7 Å². The third-order valence-electron chi connectivity index (χ3n) is 3.25. The molecule has 2 nitrogen and oxygen atoms in total. The van der Waals surface area contributed by atoms with Crippen LogP contribution >= 0.6 is 11.8 Å². The van der Waals surface area contributed by atoms with Crippen molar-refractivity contribution in [1.29, 1.82) is 0 Å². The Labute approximate surface area is 135 Å². The van der Waals surface area contributed by atoms with Crippen molar-refractivity contribution in [2.24, 2.45) is 0 Å². The second-order valence-corrected chi connectivity index (χ2v) is 6.86. The summed E-state index contributed by atoms with van der Waals surface area (Å²) < 4.78 is 22.0. The van der Waals surface area contributed by atoms with Crippen LogP contribution < -0.4 is 0 Å². The standard InChI is InChI=1S/C18H14O2S2/c19-22(20)16-12-10-14(11-13-16)17-8-4-5-9-18(17)21-15-6-2-1-3-7-15/h1-13,22H. The van der Waals surface area contributed by atoms with Crippen molar-refractivity contribution in [2.75, 3.05) is 0 Å². The molecule has 0 unspecified atom stereocenters. The maximum Gasteiger partial charge on any atom is 0.168 e. The monoisotopic (exact) mass is 326 g/mol. The fourth-order valence-electron chi connectivity index (χ4n) is 2.17. The molecular weight excluding hydrogens is 312 g/mol. The second kappa shape index (κ2) is 6.81. The highest BCUT2D eigenvalue weighted by Gasteiger charge is 2.06. The Bertz CT molecular complexity index is 830. The first kappa shape index (κ1) is 14.9. The fourth-order valence-corrected chi connectivity index (χ4v) is 3.55. The zero-order valence-corrected chi connectivity index (χ0v) is 13.4. The second-order valence-electron chi connectivity index (χ2n) is 4.72. The predicted molar refractivity (Wildman–Crippen MR) is 91.0 cm³/mol. The molecule has 0 spiro atoms. The maximum atomic E-state index is 11.0. The van der Waals surface area contributed by atoms with Crippen LogP contribution in [0.4, 0.5) is 0 Å². The van der Waals surface area contributed by atoms with Crippen molar-refractivity contribution < 1.29 is 8.42 Å². The van der Waals surface area contributed by atoms with Gasteiger partial charge in [-0.25, -0.2) is 8.42 Å². The Morgan fingerprint density at radius 3 is 2.00 bits per heavy atom. The normalized spacial score (nSPS) is 10.8.